The van der Waals surface area contributed by atoms with Gasteiger partial charge in [-0.3, -0.25) is 4.79 Å². The summed E-state index contributed by atoms with van der Waals surface area (Å²) in [5.74, 6) is -0.808. The van der Waals surface area contributed by atoms with Gasteiger partial charge in [-0.05, 0) is 5.56 Å². The molecule has 0 fully saturated rings. The van der Waals surface area contributed by atoms with E-state index in [1.54, 1.807) is 24.3 Å². The normalized spacial score (nSPS) is 10.0. The molecule has 1 amide bonds. The van der Waals surface area contributed by atoms with Crippen molar-refractivity contribution in [2.24, 2.45) is 0 Å². The second kappa shape index (κ2) is 11.6. The minimum absolute atomic E-state index is 0.0499. The number of nitriles is 2. The molecule has 0 aliphatic rings. The van der Waals surface area contributed by atoms with Gasteiger partial charge in [0, 0.05) is 17.7 Å². The number of nitrogen functional groups attached to an aromatic ring is 1. The smallest absolute Gasteiger partial charge is 0.340 e. The Labute approximate surface area is 211 Å². The molecule has 0 saturated carbocycles. The highest BCUT2D eigenvalue weighted by atomic mass is 32.2. The van der Waals surface area contributed by atoms with Gasteiger partial charge in [0.05, 0.1) is 43.9 Å². The lowest BCUT2D eigenvalue weighted by molar-refractivity contribution is -0.113. The third-order valence-corrected chi connectivity index (χ3v) is 6.00. The van der Waals surface area contributed by atoms with Gasteiger partial charge in [-0.1, -0.05) is 42.1 Å². The van der Waals surface area contributed by atoms with Crippen LogP contribution < -0.4 is 20.5 Å². The van der Waals surface area contributed by atoms with Crippen molar-refractivity contribution in [3.8, 4) is 34.8 Å². The lowest BCUT2D eigenvalue weighted by atomic mass is 9.97. The Kier molecular flexibility index (Phi) is 8.34. The summed E-state index contributed by atoms with van der Waals surface area (Å²) in [7, 11) is 4.06. The number of methoxy groups -OCH3 is 3. The van der Waals surface area contributed by atoms with Crippen molar-refractivity contribution in [3.05, 3.63) is 59.2 Å². The lowest BCUT2D eigenvalue weighted by Crippen LogP contribution is -2.18. The van der Waals surface area contributed by atoms with Crippen LogP contribution in [-0.4, -0.2) is 43.9 Å². The average molecular weight is 504 g/mol. The quantitative estimate of drug-likeness (QED) is 0.343. The number of thioether (sulfide) groups is 1. The first-order valence-electron chi connectivity index (χ1n) is 10.3. The molecule has 0 saturated heterocycles. The number of nitrogens with zero attached hydrogens (tertiary/aromatic N) is 3. The van der Waals surface area contributed by atoms with Crippen LogP contribution in [0.25, 0.3) is 11.1 Å². The number of amides is 1. The second-order valence-corrected chi connectivity index (χ2v) is 8.06. The van der Waals surface area contributed by atoms with Crippen molar-refractivity contribution in [3.63, 3.8) is 0 Å². The monoisotopic (exact) mass is 503 g/mol. The van der Waals surface area contributed by atoms with Crippen molar-refractivity contribution in [1.82, 2.24) is 4.98 Å². The molecule has 0 radical (unpaired) electrons. The SMILES string of the molecule is COC(=O)c1cc(OC)c(OC)cc1NC(=O)CSc1nc(N)c(C#N)c(-c2ccccc2)c1C#N. The highest BCUT2D eigenvalue weighted by Crippen LogP contribution is 2.36. The molecule has 0 atom stereocenters. The molecule has 10 nitrogen and oxygen atoms in total. The highest BCUT2D eigenvalue weighted by Gasteiger charge is 2.22. The van der Waals surface area contributed by atoms with Crippen LogP contribution in [0.1, 0.15) is 21.5 Å². The van der Waals surface area contributed by atoms with Crippen LogP contribution in [0.15, 0.2) is 47.5 Å². The Hall–Kier alpha value is -4.74. The third kappa shape index (κ3) is 5.32. The molecule has 1 heterocycles. The standard InChI is InChI=1S/C25H21N5O5S/c1-33-19-9-15(25(32)35-3)18(10-20(19)34-2)29-21(31)13-36-24-17(12-27)22(14-7-5-4-6-8-14)16(11-26)23(28)30-24/h4-10H,13H2,1-3H3,(H2,28,30)(H,29,31). The highest BCUT2D eigenvalue weighted by molar-refractivity contribution is 8.00. The molecule has 11 heteroatoms. The number of hydrogen-bond acceptors (Lipinski definition) is 10. The Morgan fingerprint density at radius 1 is 1.03 bits per heavy atom. The van der Waals surface area contributed by atoms with E-state index in [1.807, 2.05) is 12.1 Å². The zero-order chi connectivity index (χ0) is 26.2. The number of esters is 1. The van der Waals surface area contributed by atoms with E-state index in [4.69, 9.17) is 19.9 Å². The van der Waals surface area contributed by atoms with Gasteiger partial charge < -0.3 is 25.3 Å². The van der Waals surface area contributed by atoms with Gasteiger partial charge >= 0.3 is 5.97 Å². The number of carbonyl (C=O) groups is 2. The number of benzene rings is 2. The van der Waals surface area contributed by atoms with Gasteiger partial charge in [0.25, 0.3) is 0 Å². The number of ether oxygens (including phenoxy) is 3. The van der Waals surface area contributed by atoms with Crippen molar-refractivity contribution < 1.29 is 23.8 Å². The van der Waals surface area contributed by atoms with Crippen LogP contribution in [0.3, 0.4) is 0 Å². The van der Waals surface area contributed by atoms with Crippen LogP contribution >= 0.6 is 11.8 Å². The van der Waals surface area contributed by atoms with Crippen LogP contribution in [0.2, 0.25) is 0 Å². The molecule has 3 N–H and O–H groups in total. The fraction of sp³-hybridized carbons (Fsp3) is 0.160. The van der Waals surface area contributed by atoms with Gasteiger partial charge in [-0.15, -0.1) is 0 Å². The molecule has 3 aromatic rings. The Morgan fingerprint density at radius 2 is 1.67 bits per heavy atom. The number of anilines is 2. The second-order valence-electron chi connectivity index (χ2n) is 7.10. The Balaban J connectivity index is 1.93. The first kappa shape index (κ1) is 25.9. The van der Waals surface area contributed by atoms with E-state index in [0.717, 1.165) is 11.8 Å². The molecule has 2 aromatic carbocycles. The third-order valence-electron chi connectivity index (χ3n) is 5.02. The summed E-state index contributed by atoms with van der Waals surface area (Å²) in [6, 6.07) is 15.8. The predicted molar refractivity (Wildman–Crippen MR) is 134 cm³/mol. The molecule has 3 rings (SSSR count). The van der Waals surface area contributed by atoms with E-state index >= 15 is 0 Å². The maximum Gasteiger partial charge on any atom is 0.340 e. The minimum Gasteiger partial charge on any atom is -0.493 e. The van der Waals surface area contributed by atoms with E-state index in [1.165, 1.54) is 33.5 Å². The predicted octanol–water partition coefficient (Wildman–Crippen LogP) is 3.61. The molecule has 182 valence electrons. The molecule has 0 unspecified atom stereocenters. The van der Waals surface area contributed by atoms with Crippen molar-refractivity contribution in [2.45, 2.75) is 5.03 Å². The zero-order valence-electron chi connectivity index (χ0n) is 19.6. The van der Waals surface area contributed by atoms with Gasteiger partial charge in [-0.25, -0.2) is 9.78 Å². The summed E-state index contributed by atoms with van der Waals surface area (Å²) in [4.78, 5) is 29.3. The number of aromatic nitrogens is 1. The Bertz CT molecular complexity index is 1400. The van der Waals surface area contributed by atoms with Gasteiger partial charge in [-0.2, -0.15) is 10.5 Å². The van der Waals surface area contributed by atoms with Crippen molar-refractivity contribution in [1.29, 1.82) is 10.5 Å². The van der Waals surface area contributed by atoms with Crippen LogP contribution in [0, 0.1) is 22.7 Å². The maximum atomic E-state index is 12.8. The fourth-order valence-corrected chi connectivity index (χ4v) is 4.17. The first-order valence-corrected chi connectivity index (χ1v) is 11.3. The fourth-order valence-electron chi connectivity index (χ4n) is 3.38. The summed E-state index contributed by atoms with van der Waals surface area (Å²) in [5.41, 5.74) is 7.43. The number of hydrogen-bond donors (Lipinski definition) is 2. The summed E-state index contributed by atoms with van der Waals surface area (Å²) in [6.45, 7) is 0. The number of nitrogens with two attached hydrogens (primary N) is 1. The van der Waals surface area contributed by atoms with Crippen LogP contribution in [-0.2, 0) is 9.53 Å². The van der Waals surface area contributed by atoms with Crippen LogP contribution in [0.5, 0.6) is 11.5 Å². The largest absolute Gasteiger partial charge is 0.493 e. The van der Waals surface area contributed by atoms with E-state index in [2.05, 4.69) is 16.4 Å². The van der Waals surface area contributed by atoms with E-state index in [-0.39, 0.29) is 44.7 Å². The molecular formula is C25H21N5O5S. The maximum absolute atomic E-state index is 12.8. The van der Waals surface area contributed by atoms with Gasteiger partial charge in [0.2, 0.25) is 5.91 Å². The molecule has 0 aliphatic carbocycles. The number of pyridine rings is 1. The molecule has 0 bridgehead atoms. The lowest BCUT2D eigenvalue weighted by Gasteiger charge is -2.15. The van der Waals surface area contributed by atoms with Crippen LogP contribution in [0.4, 0.5) is 11.5 Å². The van der Waals surface area contributed by atoms with Crippen molar-refractivity contribution >= 4 is 35.1 Å². The summed E-state index contributed by atoms with van der Waals surface area (Å²) in [6.07, 6.45) is 0. The zero-order valence-corrected chi connectivity index (χ0v) is 20.4. The molecule has 1 aromatic heterocycles. The molecule has 0 spiro atoms. The minimum atomic E-state index is -0.681. The topological polar surface area (TPSA) is 160 Å². The molecular weight excluding hydrogens is 482 g/mol. The first-order chi connectivity index (χ1) is 17.4. The summed E-state index contributed by atoms with van der Waals surface area (Å²) < 4.78 is 15.3. The van der Waals surface area contributed by atoms with Crippen molar-refractivity contribution in [2.75, 3.05) is 38.1 Å². The van der Waals surface area contributed by atoms with E-state index in [0.29, 0.717) is 16.9 Å². The molecule has 0 aliphatic heterocycles. The van der Waals surface area contributed by atoms with E-state index < -0.39 is 11.9 Å². The van der Waals surface area contributed by atoms with E-state index in [9.17, 15) is 20.1 Å². The summed E-state index contributed by atoms with van der Waals surface area (Å²) in [5, 5.41) is 22.3. The molecule has 36 heavy (non-hydrogen) atoms. The van der Waals surface area contributed by atoms with Gasteiger partial charge in [0.1, 0.15) is 28.5 Å². The number of nitrogens with one attached hydrogen (secondary N) is 1. The number of carbonyl (C=O) groups excluding carboxylic acids is 2. The average Bonchev–Trinajstić information content (AvgIpc) is 2.91. The Morgan fingerprint density at radius 3 is 2.25 bits per heavy atom. The summed E-state index contributed by atoms with van der Waals surface area (Å²) >= 11 is 0.972. The van der Waals surface area contributed by atoms with Gasteiger partial charge in [0.15, 0.2) is 11.5 Å². The number of rotatable bonds is 8.